The maximum atomic E-state index is 10.8. The molecule has 0 saturated heterocycles. The van der Waals surface area contributed by atoms with Crippen molar-refractivity contribution >= 4 is 10.0 Å². The number of nitrogens with two attached hydrogens (primary N) is 1. The van der Waals surface area contributed by atoms with Crippen LogP contribution in [0.2, 0.25) is 0 Å². The van der Waals surface area contributed by atoms with E-state index in [0.29, 0.717) is 0 Å². The Hall–Kier alpha value is -1.01. The minimum absolute atomic E-state index is 0.104. The summed E-state index contributed by atoms with van der Waals surface area (Å²) in [4.78, 5) is -0.333. The first-order chi connectivity index (χ1) is 5.34. The predicted octanol–water partition coefficient (Wildman–Crippen LogP) is 0.249. The molecule has 5 nitrogen and oxygen atoms in total. The first-order valence-corrected chi connectivity index (χ1v) is 4.70. The van der Waals surface area contributed by atoms with Crippen molar-refractivity contribution in [2.45, 2.75) is 18.7 Å². The summed E-state index contributed by atoms with van der Waals surface area (Å²) in [5, 5.41) is 14.0. The molecule has 1 aromatic heterocycles. The summed E-state index contributed by atoms with van der Waals surface area (Å²) in [6.07, 6.45) is 0. The third kappa shape index (κ3) is 1.30. The second-order valence-corrected chi connectivity index (χ2v) is 3.94. The first kappa shape index (κ1) is 9.08. The molecule has 0 saturated carbocycles. The molecule has 0 amide bonds. The van der Waals surface area contributed by atoms with Crippen LogP contribution in [-0.4, -0.2) is 13.5 Å². The van der Waals surface area contributed by atoms with Crippen molar-refractivity contribution < 1.29 is 17.9 Å². The Labute approximate surface area is 69.9 Å². The number of furan rings is 1. The Kier molecular flexibility index (Phi) is 1.89. The number of aryl methyl sites for hydroxylation is 2. The summed E-state index contributed by atoms with van der Waals surface area (Å²) < 4.78 is 26.6. The van der Waals surface area contributed by atoms with Crippen molar-refractivity contribution in [3.8, 4) is 5.75 Å². The molecule has 0 spiro atoms. The molecule has 3 N–H and O–H groups in total. The molecule has 0 aliphatic carbocycles. The van der Waals surface area contributed by atoms with E-state index in [4.69, 9.17) is 9.56 Å². The molecule has 12 heavy (non-hydrogen) atoms. The molecular weight excluding hydrogens is 182 g/mol. The SMILES string of the molecule is Cc1oc(C)c(S(N)(=O)=O)c1O. The van der Waals surface area contributed by atoms with Crippen LogP contribution in [0.25, 0.3) is 0 Å². The number of primary sulfonamides is 1. The molecule has 1 heterocycles. The number of sulfonamides is 1. The molecule has 0 unspecified atom stereocenters. The summed E-state index contributed by atoms with van der Waals surface area (Å²) in [7, 11) is -3.89. The second-order valence-electron chi connectivity index (χ2n) is 2.44. The Morgan fingerprint density at radius 1 is 1.33 bits per heavy atom. The standard InChI is InChI=1S/C6H9NO4S/c1-3-5(8)6(4(2)11-3)12(7,9)10/h8H,1-2H3,(H2,7,9,10). The lowest BCUT2D eigenvalue weighted by Crippen LogP contribution is -2.12. The zero-order valence-electron chi connectivity index (χ0n) is 6.66. The number of hydrogen-bond acceptors (Lipinski definition) is 4. The molecule has 68 valence electrons. The van der Waals surface area contributed by atoms with Gasteiger partial charge in [0, 0.05) is 0 Å². The Balaban J connectivity index is 3.54. The first-order valence-electron chi connectivity index (χ1n) is 3.16. The average Bonchev–Trinajstić information content (AvgIpc) is 2.05. The van der Waals surface area contributed by atoms with Gasteiger partial charge in [-0.15, -0.1) is 0 Å². The fourth-order valence-corrected chi connectivity index (χ4v) is 1.84. The lowest BCUT2D eigenvalue weighted by atomic mass is 10.4. The molecule has 1 rings (SSSR count). The van der Waals surface area contributed by atoms with Gasteiger partial charge in [-0.05, 0) is 13.8 Å². The molecule has 0 aromatic carbocycles. The van der Waals surface area contributed by atoms with Gasteiger partial charge in [0.1, 0.15) is 11.5 Å². The van der Waals surface area contributed by atoms with Crippen LogP contribution in [0.4, 0.5) is 0 Å². The fourth-order valence-electron chi connectivity index (χ4n) is 0.986. The van der Waals surface area contributed by atoms with Crippen molar-refractivity contribution in [3.63, 3.8) is 0 Å². The number of hydrogen-bond donors (Lipinski definition) is 2. The monoisotopic (exact) mass is 191 g/mol. The van der Waals surface area contributed by atoms with Gasteiger partial charge >= 0.3 is 0 Å². The zero-order chi connectivity index (χ0) is 9.52. The minimum Gasteiger partial charge on any atom is -0.503 e. The second kappa shape index (κ2) is 2.49. The van der Waals surface area contributed by atoms with Crippen LogP contribution in [0.3, 0.4) is 0 Å². The summed E-state index contributed by atoms with van der Waals surface area (Å²) in [6, 6.07) is 0. The van der Waals surface area contributed by atoms with E-state index in [0.717, 1.165) is 0 Å². The fraction of sp³-hybridized carbons (Fsp3) is 0.333. The summed E-state index contributed by atoms with van der Waals surface area (Å²) in [5.74, 6) is -0.154. The van der Waals surface area contributed by atoms with E-state index in [-0.39, 0.29) is 16.4 Å². The highest BCUT2D eigenvalue weighted by Gasteiger charge is 2.23. The van der Waals surface area contributed by atoms with Crippen molar-refractivity contribution in [2.24, 2.45) is 5.14 Å². The van der Waals surface area contributed by atoms with Gasteiger partial charge in [-0.3, -0.25) is 0 Å². The van der Waals surface area contributed by atoms with Gasteiger partial charge in [-0.1, -0.05) is 0 Å². The highest BCUT2D eigenvalue weighted by molar-refractivity contribution is 7.89. The predicted molar refractivity (Wildman–Crippen MR) is 41.2 cm³/mol. The summed E-state index contributed by atoms with van der Waals surface area (Å²) in [5.41, 5.74) is 0. The van der Waals surface area contributed by atoms with Gasteiger partial charge in [0.05, 0.1) is 0 Å². The van der Waals surface area contributed by atoms with Gasteiger partial charge in [0.2, 0.25) is 10.0 Å². The van der Waals surface area contributed by atoms with Gasteiger partial charge in [0.25, 0.3) is 0 Å². The molecule has 0 bridgehead atoms. The molecule has 6 heteroatoms. The molecule has 0 aliphatic heterocycles. The van der Waals surface area contributed by atoms with Gasteiger partial charge in [0.15, 0.2) is 10.6 Å². The van der Waals surface area contributed by atoms with Crippen LogP contribution in [0.5, 0.6) is 5.75 Å². The quantitative estimate of drug-likeness (QED) is 0.665. The van der Waals surface area contributed by atoms with E-state index in [1.54, 1.807) is 0 Å². The van der Waals surface area contributed by atoms with E-state index in [2.05, 4.69) is 0 Å². The maximum absolute atomic E-state index is 10.8. The smallest absolute Gasteiger partial charge is 0.245 e. The van der Waals surface area contributed by atoms with Crippen LogP contribution < -0.4 is 5.14 Å². The lowest BCUT2D eigenvalue weighted by molar-refractivity contribution is 0.435. The lowest BCUT2D eigenvalue weighted by Gasteiger charge is -1.94. The van der Waals surface area contributed by atoms with E-state index < -0.39 is 15.8 Å². The van der Waals surface area contributed by atoms with E-state index in [1.165, 1.54) is 13.8 Å². The van der Waals surface area contributed by atoms with Crippen LogP contribution in [-0.2, 0) is 10.0 Å². The van der Waals surface area contributed by atoms with Crippen molar-refractivity contribution in [2.75, 3.05) is 0 Å². The largest absolute Gasteiger partial charge is 0.503 e. The Morgan fingerprint density at radius 3 is 2.00 bits per heavy atom. The summed E-state index contributed by atoms with van der Waals surface area (Å²) >= 11 is 0. The number of rotatable bonds is 1. The zero-order valence-corrected chi connectivity index (χ0v) is 7.47. The van der Waals surface area contributed by atoms with E-state index in [1.807, 2.05) is 0 Å². The van der Waals surface area contributed by atoms with Crippen LogP contribution >= 0.6 is 0 Å². The highest BCUT2D eigenvalue weighted by Crippen LogP contribution is 2.30. The Morgan fingerprint density at radius 2 is 1.83 bits per heavy atom. The van der Waals surface area contributed by atoms with E-state index in [9.17, 15) is 13.5 Å². The molecule has 0 fully saturated rings. The van der Waals surface area contributed by atoms with Crippen molar-refractivity contribution in [1.82, 2.24) is 0 Å². The highest BCUT2D eigenvalue weighted by atomic mass is 32.2. The Bertz CT molecular complexity index is 403. The van der Waals surface area contributed by atoms with Crippen LogP contribution in [0.1, 0.15) is 11.5 Å². The third-order valence-corrected chi connectivity index (χ3v) is 2.51. The van der Waals surface area contributed by atoms with Crippen molar-refractivity contribution in [3.05, 3.63) is 11.5 Å². The minimum atomic E-state index is -3.89. The normalized spacial score (nSPS) is 11.9. The van der Waals surface area contributed by atoms with Gasteiger partial charge in [-0.25, -0.2) is 13.6 Å². The summed E-state index contributed by atoms with van der Waals surface area (Å²) in [6.45, 7) is 2.88. The third-order valence-electron chi connectivity index (χ3n) is 1.46. The molecule has 0 aliphatic rings. The topological polar surface area (TPSA) is 93.5 Å². The van der Waals surface area contributed by atoms with Crippen LogP contribution in [0.15, 0.2) is 9.31 Å². The molecular formula is C6H9NO4S. The van der Waals surface area contributed by atoms with Crippen molar-refractivity contribution in [1.29, 1.82) is 0 Å². The van der Waals surface area contributed by atoms with Gasteiger partial charge in [-0.2, -0.15) is 0 Å². The van der Waals surface area contributed by atoms with E-state index >= 15 is 0 Å². The van der Waals surface area contributed by atoms with Gasteiger partial charge < -0.3 is 9.52 Å². The maximum Gasteiger partial charge on any atom is 0.245 e. The number of aromatic hydroxyl groups is 1. The van der Waals surface area contributed by atoms with Crippen LogP contribution in [0, 0.1) is 13.8 Å². The molecule has 0 atom stereocenters. The molecule has 0 radical (unpaired) electrons. The molecule has 1 aromatic rings. The average molecular weight is 191 g/mol.